The minimum atomic E-state index is -0.442. The van der Waals surface area contributed by atoms with Gasteiger partial charge in [-0.1, -0.05) is 0 Å². The Bertz CT molecular complexity index is 657. The highest BCUT2D eigenvalue weighted by Crippen LogP contribution is 2.30. The fraction of sp³-hybridized carbons (Fsp3) is 0.231. The molecule has 0 aliphatic carbocycles. The lowest BCUT2D eigenvalue weighted by Gasteiger charge is -2.09. The molecule has 0 fully saturated rings. The summed E-state index contributed by atoms with van der Waals surface area (Å²) >= 11 is 0. The second-order valence-electron chi connectivity index (χ2n) is 4.06. The number of esters is 1. The molecule has 0 spiro atoms. The number of non-ortho nitro benzene ring substituents is 1. The van der Waals surface area contributed by atoms with Gasteiger partial charge in [-0.05, 0) is 12.1 Å². The standard InChI is InChI=1S/C13H13N3O4/c1-20-13(17)5-7-15-11-2-3-12(16(18)19)10-8-14-6-4-9(10)11/h2-4,6,8,15H,5,7H2,1H3. The monoisotopic (exact) mass is 275 g/mol. The maximum atomic E-state index is 11.0. The minimum absolute atomic E-state index is 0.00613. The van der Waals surface area contributed by atoms with E-state index >= 15 is 0 Å². The van der Waals surface area contributed by atoms with E-state index in [2.05, 4.69) is 15.0 Å². The molecule has 0 unspecified atom stereocenters. The number of nitro groups is 1. The van der Waals surface area contributed by atoms with Gasteiger partial charge < -0.3 is 10.1 Å². The van der Waals surface area contributed by atoms with Crippen LogP contribution in [-0.4, -0.2) is 29.5 Å². The second kappa shape index (κ2) is 5.96. The molecule has 7 heteroatoms. The Morgan fingerprint density at radius 2 is 2.20 bits per heavy atom. The third-order valence-electron chi connectivity index (χ3n) is 2.86. The van der Waals surface area contributed by atoms with Gasteiger partial charge in [0.1, 0.15) is 0 Å². The Hall–Kier alpha value is -2.70. The molecule has 7 nitrogen and oxygen atoms in total. The predicted molar refractivity (Wildman–Crippen MR) is 73.5 cm³/mol. The van der Waals surface area contributed by atoms with E-state index in [9.17, 15) is 14.9 Å². The van der Waals surface area contributed by atoms with Crippen LogP contribution in [0.3, 0.4) is 0 Å². The zero-order chi connectivity index (χ0) is 14.5. The van der Waals surface area contributed by atoms with Gasteiger partial charge in [-0.3, -0.25) is 19.9 Å². The summed E-state index contributed by atoms with van der Waals surface area (Å²) in [6.45, 7) is 0.391. The Labute approximate surface area is 114 Å². The van der Waals surface area contributed by atoms with Crippen LogP contribution in [0.2, 0.25) is 0 Å². The van der Waals surface area contributed by atoms with Gasteiger partial charge >= 0.3 is 5.97 Å². The van der Waals surface area contributed by atoms with Gasteiger partial charge in [0.2, 0.25) is 0 Å². The van der Waals surface area contributed by atoms with E-state index in [4.69, 9.17) is 0 Å². The van der Waals surface area contributed by atoms with Gasteiger partial charge in [0, 0.05) is 36.1 Å². The quantitative estimate of drug-likeness (QED) is 0.510. The molecule has 1 N–H and O–H groups in total. The highest BCUT2D eigenvalue weighted by molar-refractivity contribution is 5.99. The van der Waals surface area contributed by atoms with Gasteiger partial charge in [-0.15, -0.1) is 0 Å². The number of methoxy groups -OCH3 is 1. The summed E-state index contributed by atoms with van der Waals surface area (Å²) in [5.41, 5.74) is 0.725. The molecule has 1 heterocycles. The summed E-state index contributed by atoms with van der Waals surface area (Å²) in [5, 5.41) is 15.2. The molecule has 0 saturated heterocycles. The number of nitrogens with one attached hydrogen (secondary N) is 1. The van der Waals surface area contributed by atoms with Crippen molar-refractivity contribution < 1.29 is 14.5 Å². The number of ether oxygens (including phenoxy) is 1. The lowest BCUT2D eigenvalue weighted by molar-refractivity contribution is -0.383. The summed E-state index contributed by atoms with van der Waals surface area (Å²) in [6.07, 6.45) is 3.25. The number of nitrogens with zero attached hydrogens (tertiary/aromatic N) is 2. The molecule has 0 saturated carbocycles. The van der Waals surface area contributed by atoms with E-state index in [0.29, 0.717) is 17.3 Å². The van der Waals surface area contributed by atoms with Gasteiger partial charge in [0.05, 0.1) is 23.8 Å². The summed E-state index contributed by atoms with van der Waals surface area (Å²) in [7, 11) is 1.33. The number of carbonyl (C=O) groups excluding carboxylic acids is 1. The van der Waals surface area contributed by atoms with Crippen LogP contribution in [0, 0.1) is 10.1 Å². The average molecular weight is 275 g/mol. The van der Waals surface area contributed by atoms with Gasteiger partial charge in [-0.25, -0.2) is 0 Å². The number of pyridine rings is 1. The Balaban J connectivity index is 2.29. The lowest BCUT2D eigenvalue weighted by atomic mass is 10.1. The Morgan fingerprint density at radius 3 is 2.90 bits per heavy atom. The molecular weight excluding hydrogens is 262 g/mol. The molecule has 0 radical (unpaired) electrons. The molecule has 0 atom stereocenters. The van der Waals surface area contributed by atoms with Crippen molar-refractivity contribution in [1.29, 1.82) is 0 Å². The highest BCUT2D eigenvalue weighted by Gasteiger charge is 2.14. The van der Waals surface area contributed by atoms with E-state index in [1.165, 1.54) is 19.4 Å². The van der Waals surface area contributed by atoms with Crippen LogP contribution in [0.5, 0.6) is 0 Å². The summed E-state index contributed by atoms with van der Waals surface area (Å²) in [5.74, 6) is -0.314. The van der Waals surface area contributed by atoms with Gasteiger partial charge in [0.25, 0.3) is 5.69 Å². The molecule has 1 aromatic heterocycles. The fourth-order valence-corrected chi connectivity index (χ4v) is 1.89. The summed E-state index contributed by atoms with van der Waals surface area (Å²) < 4.78 is 4.55. The first-order valence-electron chi connectivity index (χ1n) is 5.95. The van der Waals surface area contributed by atoms with Crippen molar-refractivity contribution >= 4 is 28.1 Å². The van der Waals surface area contributed by atoms with E-state index < -0.39 is 4.92 Å². The van der Waals surface area contributed by atoms with Crippen LogP contribution in [0.25, 0.3) is 10.8 Å². The largest absolute Gasteiger partial charge is 0.469 e. The Kier molecular flexibility index (Phi) is 4.09. The van der Waals surface area contributed by atoms with E-state index in [-0.39, 0.29) is 18.1 Å². The normalized spacial score (nSPS) is 10.2. The zero-order valence-corrected chi connectivity index (χ0v) is 10.8. The van der Waals surface area contributed by atoms with Gasteiger partial charge in [0.15, 0.2) is 0 Å². The van der Waals surface area contributed by atoms with Crippen LogP contribution in [0.4, 0.5) is 11.4 Å². The number of benzene rings is 1. The van der Waals surface area contributed by atoms with Crippen LogP contribution < -0.4 is 5.32 Å². The van der Waals surface area contributed by atoms with E-state index in [1.54, 1.807) is 18.3 Å². The smallest absolute Gasteiger partial charge is 0.307 e. The SMILES string of the molecule is COC(=O)CCNc1ccc([N+](=O)[O-])c2cnccc12. The number of aromatic nitrogens is 1. The number of carbonyl (C=O) groups is 1. The van der Waals surface area contributed by atoms with Gasteiger partial charge in [-0.2, -0.15) is 0 Å². The molecule has 0 aliphatic rings. The van der Waals surface area contributed by atoms with Crippen molar-refractivity contribution in [2.45, 2.75) is 6.42 Å². The van der Waals surface area contributed by atoms with Crippen LogP contribution >= 0.6 is 0 Å². The molecule has 20 heavy (non-hydrogen) atoms. The second-order valence-corrected chi connectivity index (χ2v) is 4.06. The van der Waals surface area contributed by atoms with Crippen molar-refractivity contribution in [3.05, 3.63) is 40.7 Å². The minimum Gasteiger partial charge on any atom is -0.469 e. The van der Waals surface area contributed by atoms with Crippen molar-refractivity contribution in [2.24, 2.45) is 0 Å². The number of hydrogen-bond acceptors (Lipinski definition) is 6. The van der Waals surface area contributed by atoms with Crippen molar-refractivity contribution in [1.82, 2.24) is 4.98 Å². The predicted octanol–water partition coefficient (Wildman–Crippen LogP) is 2.12. The summed E-state index contributed by atoms with van der Waals surface area (Å²) in [6, 6.07) is 4.74. The maximum Gasteiger partial charge on any atom is 0.307 e. The van der Waals surface area contributed by atoms with Crippen molar-refractivity contribution in [2.75, 3.05) is 19.0 Å². The first kappa shape index (κ1) is 13.7. The first-order chi connectivity index (χ1) is 9.63. The topological polar surface area (TPSA) is 94.4 Å². The molecule has 2 aromatic rings. The summed E-state index contributed by atoms with van der Waals surface area (Å²) in [4.78, 5) is 25.5. The lowest BCUT2D eigenvalue weighted by Crippen LogP contribution is -2.10. The highest BCUT2D eigenvalue weighted by atomic mass is 16.6. The van der Waals surface area contributed by atoms with Crippen LogP contribution in [-0.2, 0) is 9.53 Å². The first-order valence-corrected chi connectivity index (χ1v) is 5.95. The molecule has 1 aromatic carbocycles. The van der Waals surface area contributed by atoms with E-state index in [0.717, 1.165) is 5.69 Å². The number of hydrogen-bond donors (Lipinski definition) is 1. The van der Waals surface area contributed by atoms with Crippen molar-refractivity contribution in [3.8, 4) is 0 Å². The number of anilines is 1. The van der Waals surface area contributed by atoms with Crippen molar-refractivity contribution in [3.63, 3.8) is 0 Å². The van der Waals surface area contributed by atoms with Crippen LogP contribution in [0.1, 0.15) is 6.42 Å². The average Bonchev–Trinajstić information content (AvgIpc) is 2.46. The molecular formula is C13H13N3O4. The fourth-order valence-electron chi connectivity index (χ4n) is 1.89. The molecule has 0 bridgehead atoms. The number of nitro benzene ring substituents is 1. The maximum absolute atomic E-state index is 11.0. The molecule has 0 aliphatic heterocycles. The third-order valence-corrected chi connectivity index (χ3v) is 2.86. The van der Waals surface area contributed by atoms with E-state index in [1.807, 2.05) is 0 Å². The molecule has 104 valence electrons. The number of rotatable bonds is 5. The Morgan fingerprint density at radius 1 is 1.40 bits per heavy atom. The zero-order valence-electron chi connectivity index (χ0n) is 10.8. The molecule has 0 amide bonds. The number of fused-ring (bicyclic) bond motifs is 1. The third kappa shape index (κ3) is 2.82. The van der Waals surface area contributed by atoms with Crippen LogP contribution in [0.15, 0.2) is 30.6 Å². The molecule has 2 rings (SSSR count).